The Balaban J connectivity index is 1.74. The Hall–Kier alpha value is -3.14. The number of hydrogen-bond acceptors (Lipinski definition) is 5. The number of piperazine rings is 1. The van der Waals surface area contributed by atoms with E-state index >= 15 is 0 Å². The highest BCUT2D eigenvalue weighted by atomic mass is 16.2. The van der Waals surface area contributed by atoms with Crippen molar-refractivity contribution >= 4 is 29.3 Å². The van der Waals surface area contributed by atoms with Gasteiger partial charge in [0.25, 0.3) is 11.8 Å². The zero-order valence-corrected chi connectivity index (χ0v) is 18.1. The average molecular weight is 432 g/mol. The largest absolute Gasteiger partial charge is 0.378 e. The molecule has 0 spiro atoms. The maximum atomic E-state index is 13.0. The van der Waals surface area contributed by atoms with Crippen molar-refractivity contribution in [2.45, 2.75) is 24.9 Å². The van der Waals surface area contributed by atoms with Crippen molar-refractivity contribution in [1.29, 1.82) is 0 Å². The minimum absolute atomic E-state index is 0.0215. The summed E-state index contributed by atoms with van der Waals surface area (Å²) < 4.78 is 0. The predicted octanol–water partition coefficient (Wildman–Crippen LogP) is -1.96. The van der Waals surface area contributed by atoms with Crippen LogP contribution < -0.4 is 21.3 Å². The van der Waals surface area contributed by atoms with Crippen LogP contribution >= 0.6 is 0 Å². The molecule has 10 nitrogen and oxygen atoms in total. The molecule has 0 aliphatic carbocycles. The number of carbonyl (C=O) groups excluding carboxylic acids is 4. The summed E-state index contributed by atoms with van der Waals surface area (Å²) >= 11 is 0. The fourth-order valence-electron chi connectivity index (χ4n) is 3.90. The molecule has 2 aliphatic rings. The zero-order chi connectivity index (χ0) is 22.5. The predicted molar refractivity (Wildman–Crippen MR) is 114 cm³/mol. The first-order valence-corrected chi connectivity index (χ1v) is 10.5. The fourth-order valence-corrected chi connectivity index (χ4v) is 3.90. The third-order valence-electron chi connectivity index (χ3n) is 5.74. The van der Waals surface area contributed by atoms with Gasteiger partial charge in [-0.2, -0.15) is 0 Å². The lowest BCUT2D eigenvalue weighted by molar-refractivity contribution is -0.357. The Kier molecular flexibility index (Phi) is 7.11. The van der Waals surface area contributed by atoms with Crippen molar-refractivity contribution < 1.29 is 24.9 Å². The number of hydrogen-bond donors (Lipinski definition) is 3. The first-order valence-electron chi connectivity index (χ1n) is 10.5. The van der Waals surface area contributed by atoms with Gasteiger partial charge in [-0.1, -0.05) is 0 Å². The van der Waals surface area contributed by atoms with Crippen LogP contribution in [0.1, 0.15) is 23.2 Å². The Morgan fingerprint density at radius 3 is 2.52 bits per heavy atom. The van der Waals surface area contributed by atoms with Crippen molar-refractivity contribution in [2.24, 2.45) is 0 Å². The van der Waals surface area contributed by atoms with E-state index in [1.807, 2.05) is 31.1 Å². The quantitative estimate of drug-likeness (QED) is 0.499. The number of amides is 4. The molecular weight excluding hydrogens is 400 g/mol. The van der Waals surface area contributed by atoms with Crippen LogP contribution in [0.4, 0.5) is 5.69 Å². The van der Waals surface area contributed by atoms with Gasteiger partial charge in [0.1, 0.15) is 12.1 Å². The standard InChI is InChI=1S/C21H30N6O4/c1-25(2)15-7-5-14(6-8-15)21(31)26-10-11-27(18(28)12-22)17(13-26)20(30)24-16-4-3-9-23-19(16)29/h5-8,16-17H,3-4,9-13,22H2,1-2H3,(H,23,29)(H,24,30)/p+1/t16-,17+/m0/s1. The second kappa shape index (κ2) is 9.78. The molecular formula is C21H31N6O4+. The first kappa shape index (κ1) is 22.5. The minimum atomic E-state index is -0.859. The third-order valence-corrected chi connectivity index (χ3v) is 5.74. The van der Waals surface area contributed by atoms with E-state index in [0.29, 0.717) is 25.1 Å². The molecule has 2 aliphatic heterocycles. The lowest BCUT2D eigenvalue weighted by atomic mass is 10.0. The van der Waals surface area contributed by atoms with Crippen LogP contribution in [-0.2, 0) is 14.4 Å². The summed E-state index contributed by atoms with van der Waals surface area (Å²) in [4.78, 5) is 55.5. The van der Waals surface area contributed by atoms with Gasteiger partial charge in [0, 0.05) is 45.0 Å². The van der Waals surface area contributed by atoms with Crippen LogP contribution in [0.5, 0.6) is 0 Å². The average Bonchev–Trinajstić information content (AvgIpc) is 2.79. The Morgan fingerprint density at radius 1 is 1.19 bits per heavy atom. The second-order valence-electron chi connectivity index (χ2n) is 8.04. The number of benzene rings is 1. The van der Waals surface area contributed by atoms with Crippen LogP contribution in [0.3, 0.4) is 0 Å². The fraction of sp³-hybridized carbons (Fsp3) is 0.524. The molecule has 1 aromatic carbocycles. The van der Waals surface area contributed by atoms with Crippen molar-refractivity contribution in [1.82, 2.24) is 20.4 Å². The molecule has 31 heavy (non-hydrogen) atoms. The zero-order valence-electron chi connectivity index (χ0n) is 18.1. The highest BCUT2D eigenvalue weighted by molar-refractivity contribution is 5.97. The lowest BCUT2D eigenvalue weighted by Crippen LogP contribution is -2.67. The molecule has 2 heterocycles. The maximum Gasteiger partial charge on any atom is 0.278 e. The van der Waals surface area contributed by atoms with Crippen LogP contribution in [0.25, 0.3) is 0 Å². The number of anilines is 1. The van der Waals surface area contributed by atoms with Crippen LogP contribution in [0.2, 0.25) is 0 Å². The first-order chi connectivity index (χ1) is 14.8. The molecule has 5 N–H and O–H groups in total. The van der Waals surface area contributed by atoms with Gasteiger partial charge in [-0.25, -0.2) is 0 Å². The highest BCUT2D eigenvalue weighted by Gasteiger charge is 2.38. The summed E-state index contributed by atoms with van der Waals surface area (Å²) in [7, 11) is 3.84. The molecule has 168 valence electrons. The van der Waals surface area contributed by atoms with Gasteiger partial charge in [-0.05, 0) is 37.1 Å². The molecule has 0 aromatic heterocycles. The number of quaternary nitrogens is 1. The molecule has 0 saturated carbocycles. The molecule has 0 bridgehead atoms. The van der Waals surface area contributed by atoms with Crippen molar-refractivity contribution in [3.05, 3.63) is 29.8 Å². The Labute approximate surface area is 181 Å². The summed E-state index contributed by atoms with van der Waals surface area (Å²) in [6.07, 6.45) is 1.32. The summed E-state index contributed by atoms with van der Waals surface area (Å²) in [6, 6.07) is 5.76. The molecule has 4 amide bonds. The van der Waals surface area contributed by atoms with E-state index in [9.17, 15) is 19.2 Å². The van der Waals surface area contributed by atoms with Gasteiger partial charge in [0.15, 0.2) is 6.54 Å². The summed E-state index contributed by atoms with van der Waals surface area (Å²) in [6.45, 7) is 1.25. The summed E-state index contributed by atoms with van der Waals surface area (Å²) in [5.41, 5.74) is 5.13. The number of carbonyl (C=O) groups is 4. The summed E-state index contributed by atoms with van der Waals surface area (Å²) in [5, 5.41) is 5.49. The number of piperidine rings is 1. The van der Waals surface area contributed by atoms with E-state index in [1.165, 1.54) is 4.90 Å². The molecule has 1 aromatic rings. The summed E-state index contributed by atoms with van der Waals surface area (Å²) in [5.74, 6) is -1.10. The van der Waals surface area contributed by atoms with E-state index in [0.717, 1.165) is 12.1 Å². The van der Waals surface area contributed by atoms with Gasteiger partial charge in [0.2, 0.25) is 11.8 Å². The van der Waals surface area contributed by atoms with Crippen molar-refractivity contribution in [3.8, 4) is 0 Å². The molecule has 2 atom stereocenters. The Morgan fingerprint density at radius 2 is 1.90 bits per heavy atom. The molecule has 10 heteroatoms. The third kappa shape index (κ3) is 5.13. The van der Waals surface area contributed by atoms with Crippen LogP contribution in [0.15, 0.2) is 24.3 Å². The highest BCUT2D eigenvalue weighted by Crippen LogP contribution is 2.17. The topological polar surface area (TPSA) is 130 Å². The number of nitrogens with zero attached hydrogens (tertiary/aromatic N) is 3. The number of rotatable bonds is 5. The molecule has 2 fully saturated rings. The SMILES string of the molecule is CN(C)c1ccc(C(=O)N2CCN(C(=O)C[NH3+])[C@@H](C(=O)N[C@H]3CCCNC3=O)C2)cc1. The van der Waals surface area contributed by atoms with Gasteiger partial charge < -0.3 is 31.1 Å². The monoisotopic (exact) mass is 431 g/mol. The van der Waals surface area contributed by atoms with Gasteiger partial charge in [0.05, 0.1) is 6.54 Å². The maximum absolute atomic E-state index is 13.0. The Bertz CT molecular complexity index is 841. The van der Waals surface area contributed by atoms with Gasteiger partial charge in [-0.15, -0.1) is 0 Å². The van der Waals surface area contributed by atoms with E-state index < -0.39 is 18.0 Å². The number of nitrogens with one attached hydrogen (secondary N) is 2. The van der Waals surface area contributed by atoms with Gasteiger partial charge >= 0.3 is 0 Å². The minimum Gasteiger partial charge on any atom is -0.378 e. The smallest absolute Gasteiger partial charge is 0.278 e. The van der Waals surface area contributed by atoms with Crippen molar-refractivity contribution in [2.75, 3.05) is 51.7 Å². The molecule has 0 unspecified atom stereocenters. The van der Waals surface area contributed by atoms with Gasteiger partial charge in [-0.3, -0.25) is 19.2 Å². The normalized spacial score (nSPS) is 21.3. The van der Waals surface area contributed by atoms with Crippen molar-refractivity contribution in [3.63, 3.8) is 0 Å². The molecule has 2 saturated heterocycles. The van der Waals surface area contributed by atoms with Crippen LogP contribution in [0, 0.1) is 0 Å². The van der Waals surface area contributed by atoms with E-state index in [-0.39, 0.29) is 37.4 Å². The second-order valence-corrected chi connectivity index (χ2v) is 8.04. The van der Waals surface area contributed by atoms with E-state index in [4.69, 9.17) is 0 Å². The molecule has 0 radical (unpaired) electrons. The van der Waals surface area contributed by atoms with E-state index in [1.54, 1.807) is 17.0 Å². The molecule has 3 rings (SSSR count). The lowest BCUT2D eigenvalue weighted by Gasteiger charge is -2.40. The van der Waals surface area contributed by atoms with Crippen LogP contribution in [-0.4, -0.2) is 92.3 Å². The van der Waals surface area contributed by atoms with E-state index in [2.05, 4.69) is 16.4 Å².